The number of carbonyl (C=O) groups excluding carboxylic acids is 2. The van der Waals surface area contributed by atoms with E-state index in [0.717, 1.165) is 11.4 Å². The highest BCUT2D eigenvalue weighted by molar-refractivity contribution is 7.09. The third-order valence-electron chi connectivity index (χ3n) is 3.60. The maximum absolute atomic E-state index is 12.5. The Bertz CT molecular complexity index is 538. The summed E-state index contributed by atoms with van der Waals surface area (Å²) in [5.74, 6) is -0.411. The normalized spacial score (nSPS) is 21.7. The summed E-state index contributed by atoms with van der Waals surface area (Å²) in [6.07, 6.45) is 2.86. The Morgan fingerprint density at radius 3 is 2.73 bits per heavy atom. The molecule has 122 valence electrons. The highest BCUT2D eigenvalue weighted by Gasteiger charge is 2.52. The number of amides is 1. The zero-order valence-electron chi connectivity index (χ0n) is 13.4. The zero-order valence-corrected chi connectivity index (χ0v) is 14.2. The molecular weight excluding hydrogens is 304 g/mol. The number of nitrogens with zero attached hydrogens (tertiary/aromatic N) is 2. The standard InChI is InChI=1S/C15H22N2O4S/c1-14(2,3)21-13(19)17-8-5-6-15(17,12(18)20-4)10-11-16-7-9-22-11/h7,9H,5-6,8,10H2,1-4H3. The molecule has 6 nitrogen and oxygen atoms in total. The first kappa shape index (κ1) is 16.7. The number of rotatable bonds is 3. The quantitative estimate of drug-likeness (QED) is 0.799. The summed E-state index contributed by atoms with van der Waals surface area (Å²) >= 11 is 1.47. The number of aromatic nitrogens is 1. The predicted octanol–water partition coefficient (Wildman–Crippen LogP) is 2.63. The van der Waals surface area contributed by atoms with E-state index in [-0.39, 0.29) is 0 Å². The van der Waals surface area contributed by atoms with E-state index >= 15 is 0 Å². The van der Waals surface area contributed by atoms with E-state index in [4.69, 9.17) is 9.47 Å². The molecule has 0 N–H and O–H groups in total. The molecule has 22 heavy (non-hydrogen) atoms. The third kappa shape index (κ3) is 3.40. The third-order valence-corrected chi connectivity index (χ3v) is 4.37. The maximum atomic E-state index is 12.5. The minimum Gasteiger partial charge on any atom is -0.467 e. The van der Waals surface area contributed by atoms with Gasteiger partial charge in [0.15, 0.2) is 0 Å². The second kappa shape index (κ2) is 6.24. The lowest BCUT2D eigenvalue weighted by molar-refractivity contribution is -0.153. The summed E-state index contributed by atoms with van der Waals surface area (Å²) in [5.41, 5.74) is -1.63. The molecule has 0 saturated carbocycles. The van der Waals surface area contributed by atoms with Crippen LogP contribution in [0.1, 0.15) is 38.6 Å². The Labute approximate surface area is 134 Å². The van der Waals surface area contributed by atoms with E-state index in [9.17, 15) is 9.59 Å². The highest BCUT2D eigenvalue weighted by atomic mass is 32.1. The summed E-state index contributed by atoms with van der Waals surface area (Å²) in [5, 5.41) is 2.66. The van der Waals surface area contributed by atoms with E-state index in [1.165, 1.54) is 23.3 Å². The summed E-state index contributed by atoms with van der Waals surface area (Å²) in [4.78, 5) is 30.7. The van der Waals surface area contributed by atoms with Crippen molar-refractivity contribution < 1.29 is 19.1 Å². The second-order valence-electron chi connectivity index (χ2n) is 6.36. The largest absolute Gasteiger partial charge is 0.467 e. The van der Waals surface area contributed by atoms with E-state index in [1.807, 2.05) is 26.2 Å². The fourth-order valence-corrected chi connectivity index (χ4v) is 3.43. The van der Waals surface area contributed by atoms with Crippen LogP contribution in [0.15, 0.2) is 11.6 Å². The smallest absolute Gasteiger partial charge is 0.411 e. The van der Waals surface area contributed by atoms with Crippen molar-refractivity contribution in [1.82, 2.24) is 9.88 Å². The number of thiazole rings is 1. The lowest BCUT2D eigenvalue weighted by Gasteiger charge is -2.36. The van der Waals surface area contributed by atoms with Crippen molar-refractivity contribution in [2.75, 3.05) is 13.7 Å². The second-order valence-corrected chi connectivity index (χ2v) is 7.34. The van der Waals surface area contributed by atoms with Crippen molar-refractivity contribution in [2.45, 2.75) is 51.2 Å². The lowest BCUT2D eigenvalue weighted by atomic mass is 9.92. The van der Waals surface area contributed by atoms with Gasteiger partial charge in [0.2, 0.25) is 0 Å². The van der Waals surface area contributed by atoms with Crippen molar-refractivity contribution in [3.8, 4) is 0 Å². The molecule has 1 amide bonds. The Morgan fingerprint density at radius 1 is 1.45 bits per heavy atom. The van der Waals surface area contributed by atoms with Gasteiger partial charge in [-0.25, -0.2) is 14.6 Å². The molecule has 0 bridgehead atoms. The average molecular weight is 326 g/mol. The molecular formula is C15H22N2O4S. The molecule has 1 unspecified atom stereocenters. The first-order valence-corrected chi connectivity index (χ1v) is 8.14. The van der Waals surface area contributed by atoms with Crippen LogP contribution in [0.5, 0.6) is 0 Å². The van der Waals surface area contributed by atoms with Crippen molar-refractivity contribution in [3.63, 3.8) is 0 Å². The number of hydrogen-bond acceptors (Lipinski definition) is 6. The van der Waals surface area contributed by atoms with Crippen molar-refractivity contribution in [2.24, 2.45) is 0 Å². The van der Waals surface area contributed by atoms with Gasteiger partial charge < -0.3 is 9.47 Å². The summed E-state index contributed by atoms with van der Waals surface area (Å²) in [6, 6.07) is 0. The van der Waals surface area contributed by atoms with Gasteiger partial charge >= 0.3 is 12.1 Å². The summed E-state index contributed by atoms with van der Waals surface area (Å²) in [7, 11) is 1.34. The van der Waals surface area contributed by atoms with Gasteiger partial charge in [0.25, 0.3) is 0 Å². The SMILES string of the molecule is COC(=O)C1(Cc2nccs2)CCCN1C(=O)OC(C)(C)C. The Balaban J connectivity index is 2.30. The van der Waals surface area contributed by atoms with Crippen LogP contribution in [0.3, 0.4) is 0 Å². The molecule has 0 radical (unpaired) electrons. The molecule has 1 aromatic rings. The molecule has 0 spiro atoms. The number of esters is 1. The Hall–Kier alpha value is -1.63. The molecule has 1 aromatic heterocycles. The lowest BCUT2D eigenvalue weighted by Crippen LogP contribution is -2.56. The number of ether oxygens (including phenoxy) is 2. The zero-order chi connectivity index (χ0) is 16.4. The van der Waals surface area contributed by atoms with E-state index in [1.54, 1.807) is 6.20 Å². The van der Waals surface area contributed by atoms with E-state index in [2.05, 4.69) is 4.98 Å². The van der Waals surface area contributed by atoms with Crippen LogP contribution >= 0.6 is 11.3 Å². The van der Waals surface area contributed by atoms with Crippen LogP contribution in [0, 0.1) is 0 Å². The first-order chi connectivity index (χ1) is 10.3. The van der Waals surface area contributed by atoms with Gasteiger partial charge in [-0.2, -0.15) is 0 Å². The molecule has 0 aliphatic carbocycles. The van der Waals surface area contributed by atoms with Crippen LogP contribution in [0.4, 0.5) is 4.79 Å². The molecule has 1 fully saturated rings. The van der Waals surface area contributed by atoms with Crippen molar-refractivity contribution >= 4 is 23.4 Å². The predicted molar refractivity (Wildman–Crippen MR) is 82.7 cm³/mol. The van der Waals surface area contributed by atoms with Gasteiger partial charge in [-0.15, -0.1) is 11.3 Å². The summed E-state index contributed by atoms with van der Waals surface area (Å²) < 4.78 is 10.4. The van der Waals surface area contributed by atoms with Gasteiger partial charge in [0.1, 0.15) is 11.1 Å². The topological polar surface area (TPSA) is 68.7 Å². The van der Waals surface area contributed by atoms with Crippen LogP contribution < -0.4 is 0 Å². The van der Waals surface area contributed by atoms with Gasteiger partial charge in [-0.05, 0) is 33.6 Å². The van der Waals surface area contributed by atoms with Crippen LogP contribution in [0.25, 0.3) is 0 Å². The van der Waals surface area contributed by atoms with Crippen molar-refractivity contribution in [1.29, 1.82) is 0 Å². The Kier molecular flexibility index (Phi) is 4.75. The number of carbonyl (C=O) groups is 2. The molecule has 7 heteroatoms. The molecule has 1 aliphatic rings. The number of likely N-dealkylation sites (tertiary alicyclic amines) is 1. The number of hydrogen-bond donors (Lipinski definition) is 0. The van der Waals surface area contributed by atoms with Gasteiger partial charge in [-0.3, -0.25) is 4.90 Å². The summed E-state index contributed by atoms with van der Waals surface area (Å²) in [6.45, 7) is 5.90. The molecule has 0 aromatic carbocycles. The highest BCUT2D eigenvalue weighted by Crippen LogP contribution is 2.35. The van der Waals surface area contributed by atoms with Crippen LogP contribution in [0.2, 0.25) is 0 Å². The first-order valence-electron chi connectivity index (χ1n) is 7.26. The minimum atomic E-state index is -1.02. The number of methoxy groups -OCH3 is 1. The minimum absolute atomic E-state index is 0.358. The molecule has 1 aliphatic heterocycles. The molecule has 1 saturated heterocycles. The molecule has 2 rings (SSSR count). The van der Waals surface area contributed by atoms with Gasteiger partial charge in [-0.1, -0.05) is 0 Å². The van der Waals surface area contributed by atoms with Crippen LogP contribution in [-0.4, -0.2) is 46.7 Å². The van der Waals surface area contributed by atoms with Crippen LogP contribution in [-0.2, 0) is 20.7 Å². The fraction of sp³-hybridized carbons (Fsp3) is 0.667. The van der Waals surface area contributed by atoms with Gasteiger partial charge in [0.05, 0.1) is 12.1 Å². The van der Waals surface area contributed by atoms with E-state index in [0.29, 0.717) is 19.4 Å². The van der Waals surface area contributed by atoms with Crippen molar-refractivity contribution in [3.05, 3.63) is 16.6 Å². The molecule has 2 heterocycles. The average Bonchev–Trinajstić information content (AvgIpc) is 3.06. The Morgan fingerprint density at radius 2 is 2.18 bits per heavy atom. The fourth-order valence-electron chi connectivity index (χ4n) is 2.71. The molecule has 1 atom stereocenters. The maximum Gasteiger partial charge on any atom is 0.411 e. The van der Waals surface area contributed by atoms with Gasteiger partial charge in [0, 0.05) is 24.5 Å². The van der Waals surface area contributed by atoms with E-state index < -0.39 is 23.2 Å². The monoisotopic (exact) mass is 326 g/mol.